The van der Waals surface area contributed by atoms with Gasteiger partial charge in [-0.1, -0.05) is 6.07 Å². The Labute approximate surface area is 118 Å². The largest absolute Gasteiger partial charge is 0.372 e. The smallest absolute Gasteiger partial charge is 0.254 e. The summed E-state index contributed by atoms with van der Waals surface area (Å²) >= 11 is 0. The summed E-state index contributed by atoms with van der Waals surface area (Å²) in [5, 5.41) is 2.69. The Bertz CT molecular complexity index is 506. The van der Waals surface area contributed by atoms with Crippen molar-refractivity contribution in [1.29, 1.82) is 0 Å². The third-order valence-corrected chi connectivity index (χ3v) is 3.14. The second-order valence-electron chi connectivity index (χ2n) is 5.23. The van der Waals surface area contributed by atoms with E-state index in [1.165, 1.54) is 6.92 Å². The van der Waals surface area contributed by atoms with Crippen LogP contribution in [0.3, 0.4) is 0 Å². The molecule has 0 spiro atoms. The average molecular weight is 276 g/mol. The summed E-state index contributed by atoms with van der Waals surface area (Å²) in [6.45, 7) is 6.55. The number of carbonyl (C=O) groups excluding carboxylic acids is 2. The summed E-state index contributed by atoms with van der Waals surface area (Å²) in [4.78, 5) is 25.3. The molecule has 1 heterocycles. The second-order valence-corrected chi connectivity index (χ2v) is 5.23. The molecule has 1 fully saturated rings. The number of benzene rings is 1. The normalized spacial score (nSPS) is 22.4. The van der Waals surface area contributed by atoms with Crippen molar-refractivity contribution in [1.82, 2.24) is 4.90 Å². The standard InChI is InChI=1S/C15H20N2O3/c1-10-8-17(9-11(2)20-10)15(19)13-5-4-6-14(7-13)16-12(3)18/h4-7,10-11H,8-9H2,1-3H3,(H,16,18)/t10-,11-/m1/s1. The molecule has 0 radical (unpaired) electrons. The average Bonchev–Trinajstić information content (AvgIpc) is 2.36. The van der Waals surface area contributed by atoms with Crippen LogP contribution in [0.5, 0.6) is 0 Å². The van der Waals surface area contributed by atoms with Gasteiger partial charge in [0.1, 0.15) is 0 Å². The number of amides is 2. The summed E-state index contributed by atoms with van der Waals surface area (Å²) in [5.41, 5.74) is 1.22. The van der Waals surface area contributed by atoms with Crippen molar-refractivity contribution >= 4 is 17.5 Å². The molecule has 1 aromatic carbocycles. The van der Waals surface area contributed by atoms with E-state index in [0.29, 0.717) is 24.3 Å². The number of anilines is 1. The number of hydrogen-bond acceptors (Lipinski definition) is 3. The second kappa shape index (κ2) is 6.05. The minimum absolute atomic E-state index is 0.0285. The van der Waals surface area contributed by atoms with Crippen molar-refractivity contribution in [3.63, 3.8) is 0 Å². The molecule has 1 aromatic rings. The molecule has 20 heavy (non-hydrogen) atoms. The van der Waals surface area contributed by atoms with E-state index in [9.17, 15) is 9.59 Å². The first-order valence-corrected chi connectivity index (χ1v) is 6.78. The maximum Gasteiger partial charge on any atom is 0.254 e. The first-order valence-electron chi connectivity index (χ1n) is 6.78. The first kappa shape index (κ1) is 14.5. The summed E-state index contributed by atoms with van der Waals surface area (Å²) < 4.78 is 5.63. The molecule has 1 N–H and O–H groups in total. The molecule has 1 saturated heterocycles. The van der Waals surface area contributed by atoms with Crippen LogP contribution in [-0.4, -0.2) is 42.0 Å². The van der Waals surface area contributed by atoms with Gasteiger partial charge in [-0.05, 0) is 32.0 Å². The zero-order chi connectivity index (χ0) is 14.7. The van der Waals surface area contributed by atoms with Gasteiger partial charge in [-0.2, -0.15) is 0 Å². The fourth-order valence-corrected chi connectivity index (χ4v) is 2.46. The van der Waals surface area contributed by atoms with Gasteiger partial charge in [0.2, 0.25) is 5.91 Å². The summed E-state index contributed by atoms with van der Waals surface area (Å²) in [7, 11) is 0. The number of nitrogens with one attached hydrogen (secondary N) is 1. The molecule has 1 aliphatic rings. The summed E-state index contributed by atoms with van der Waals surface area (Å²) in [5.74, 6) is -0.178. The molecule has 5 nitrogen and oxygen atoms in total. The van der Waals surface area contributed by atoms with E-state index in [4.69, 9.17) is 4.74 Å². The lowest BCUT2D eigenvalue weighted by atomic mass is 10.1. The quantitative estimate of drug-likeness (QED) is 0.897. The Kier molecular flexibility index (Phi) is 4.39. The van der Waals surface area contributed by atoms with Crippen molar-refractivity contribution in [3.05, 3.63) is 29.8 Å². The Balaban J connectivity index is 2.14. The zero-order valence-electron chi connectivity index (χ0n) is 12.1. The van der Waals surface area contributed by atoms with Gasteiger partial charge in [-0.3, -0.25) is 9.59 Å². The molecule has 1 aliphatic heterocycles. The van der Waals surface area contributed by atoms with Gasteiger partial charge < -0.3 is 15.0 Å². The van der Waals surface area contributed by atoms with E-state index in [2.05, 4.69) is 5.32 Å². The molecule has 108 valence electrons. The van der Waals surface area contributed by atoms with Gasteiger partial charge in [0.15, 0.2) is 0 Å². The molecular weight excluding hydrogens is 256 g/mol. The van der Waals surface area contributed by atoms with Gasteiger partial charge >= 0.3 is 0 Å². The molecule has 0 aliphatic carbocycles. The Hall–Kier alpha value is -1.88. The Morgan fingerprint density at radius 3 is 2.50 bits per heavy atom. The number of rotatable bonds is 2. The van der Waals surface area contributed by atoms with Crippen LogP contribution >= 0.6 is 0 Å². The fraction of sp³-hybridized carbons (Fsp3) is 0.467. The number of nitrogens with zero attached hydrogens (tertiary/aromatic N) is 1. The van der Waals surface area contributed by atoms with E-state index in [1.54, 1.807) is 29.2 Å². The lowest BCUT2D eigenvalue weighted by Gasteiger charge is -2.35. The minimum Gasteiger partial charge on any atom is -0.372 e. The van der Waals surface area contributed by atoms with E-state index in [-0.39, 0.29) is 24.0 Å². The SMILES string of the molecule is CC(=O)Nc1cccc(C(=O)N2C[C@@H](C)O[C@H](C)C2)c1. The Morgan fingerprint density at radius 2 is 1.90 bits per heavy atom. The molecule has 0 bridgehead atoms. The highest BCUT2D eigenvalue weighted by Crippen LogP contribution is 2.17. The highest BCUT2D eigenvalue weighted by Gasteiger charge is 2.26. The Morgan fingerprint density at radius 1 is 1.25 bits per heavy atom. The van der Waals surface area contributed by atoms with E-state index in [0.717, 1.165) is 0 Å². The topological polar surface area (TPSA) is 58.6 Å². The number of hydrogen-bond donors (Lipinski definition) is 1. The van der Waals surface area contributed by atoms with Gasteiger partial charge in [0, 0.05) is 31.3 Å². The molecule has 5 heteroatoms. The number of carbonyl (C=O) groups is 2. The van der Waals surface area contributed by atoms with Crippen LogP contribution in [0.4, 0.5) is 5.69 Å². The molecule has 2 amide bonds. The molecule has 0 saturated carbocycles. The summed E-state index contributed by atoms with van der Waals surface area (Å²) in [6, 6.07) is 7.00. The molecule has 2 rings (SSSR count). The molecular formula is C15H20N2O3. The van der Waals surface area contributed by atoms with Crippen molar-refractivity contribution in [2.24, 2.45) is 0 Å². The van der Waals surface area contributed by atoms with Crippen molar-refractivity contribution < 1.29 is 14.3 Å². The lowest BCUT2D eigenvalue weighted by molar-refractivity contribution is -0.114. The molecule has 2 atom stereocenters. The highest BCUT2D eigenvalue weighted by atomic mass is 16.5. The predicted molar refractivity (Wildman–Crippen MR) is 76.7 cm³/mol. The monoisotopic (exact) mass is 276 g/mol. The van der Waals surface area contributed by atoms with Gasteiger partial charge in [0.05, 0.1) is 12.2 Å². The third kappa shape index (κ3) is 3.57. The predicted octanol–water partition coefficient (Wildman–Crippen LogP) is 1.89. The fourth-order valence-electron chi connectivity index (χ4n) is 2.46. The maximum absolute atomic E-state index is 12.5. The van der Waals surface area contributed by atoms with Crippen molar-refractivity contribution in [2.45, 2.75) is 33.0 Å². The molecule has 0 aromatic heterocycles. The highest BCUT2D eigenvalue weighted by molar-refractivity contribution is 5.96. The van der Waals surface area contributed by atoms with Crippen LogP contribution in [0.1, 0.15) is 31.1 Å². The third-order valence-electron chi connectivity index (χ3n) is 3.14. The van der Waals surface area contributed by atoms with Crippen molar-refractivity contribution in [2.75, 3.05) is 18.4 Å². The number of morpholine rings is 1. The van der Waals surface area contributed by atoms with Gasteiger partial charge in [-0.15, -0.1) is 0 Å². The minimum atomic E-state index is -0.150. The van der Waals surface area contributed by atoms with Crippen LogP contribution in [0.15, 0.2) is 24.3 Å². The van der Waals surface area contributed by atoms with Crippen LogP contribution in [0.2, 0.25) is 0 Å². The van der Waals surface area contributed by atoms with Crippen LogP contribution < -0.4 is 5.32 Å². The van der Waals surface area contributed by atoms with Crippen molar-refractivity contribution in [3.8, 4) is 0 Å². The van der Waals surface area contributed by atoms with E-state index < -0.39 is 0 Å². The maximum atomic E-state index is 12.5. The van der Waals surface area contributed by atoms with Crippen LogP contribution in [0, 0.1) is 0 Å². The van der Waals surface area contributed by atoms with Gasteiger partial charge in [0.25, 0.3) is 5.91 Å². The van der Waals surface area contributed by atoms with E-state index >= 15 is 0 Å². The zero-order valence-corrected chi connectivity index (χ0v) is 12.1. The van der Waals surface area contributed by atoms with E-state index in [1.807, 2.05) is 13.8 Å². The van der Waals surface area contributed by atoms with Crippen LogP contribution in [0.25, 0.3) is 0 Å². The molecule has 0 unspecified atom stereocenters. The van der Waals surface area contributed by atoms with Gasteiger partial charge in [-0.25, -0.2) is 0 Å². The lowest BCUT2D eigenvalue weighted by Crippen LogP contribution is -2.48. The number of ether oxygens (including phenoxy) is 1. The van der Waals surface area contributed by atoms with Crippen LogP contribution in [-0.2, 0) is 9.53 Å². The first-order chi connectivity index (χ1) is 9.45. The summed E-state index contributed by atoms with van der Waals surface area (Å²) in [6.07, 6.45) is 0.0856.